The van der Waals surface area contributed by atoms with E-state index in [0.717, 1.165) is 17.7 Å². The second-order valence-corrected chi connectivity index (χ2v) is 11.2. The summed E-state index contributed by atoms with van der Waals surface area (Å²) in [5.41, 5.74) is 2.97. The number of allylic oxidation sites excluding steroid dienone is 2. The van der Waals surface area contributed by atoms with E-state index in [0.29, 0.717) is 16.3 Å². The zero-order valence-electron chi connectivity index (χ0n) is 17.7. The number of hydrogen-bond donors (Lipinski definition) is 2. The van der Waals surface area contributed by atoms with Crippen LogP contribution in [-0.4, -0.2) is 20.6 Å². The standard InChI is InChI=1S/C25H22Cl2N2O3S/c1-29(16-6-3-2-4-7-16)33(31,32)17-10-11-23-20(14-17)18-8-5-9-19(18)24(28-23)21-12-15(26)13-22(27)25(21)30/h2-8,10-14,18-19,24,28,30H,9H2,1H3. The molecule has 170 valence electrons. The fraction of sp³-hybridized carbons (Fsp3) is 0.200. The number of benzene rings is 3. The average molecular weight is 501 g/mol. The molecular formula is C25H22Cl2N2O3S. The van der Waals surface area contributed by atoms with Crippen LogP contribution in [0.25, 0.3) is 0 Å². The van der Waals surface area contributed by atoms with E-state index in [1.54, 1.807) is 43.4 Å². The Bertz CT molecular complexity index is 1360. The van der Waals surface area contributed by atoms with Crippen molar-refractivity contribution >= 4 is 44.6 Å². The lowest BCUT2D eigenvalue weighted by Crippen LogP contribution is -2.30. The Morgan fingerprint density at radius 1 is 1.03 bits per heavy atom. The molecule has 1 aliphatic heterocycles. The van der Waals surface area contributed by atoms with E-state index >= 15 is 0 Å². The molecule has 5 rings (SSSR count). The smallest absolute Gasteiger partial charge is 0.264 e. The number of sulfonamides is 1. The molecule has 2 N–H and O–H groups in total. The molecule has 8 heteroatoms. The summed E-state index contributed by atoms with van der Waals surface area (Å²) < 4.78 is 28.0. The molecule has 0 fully saturated rings. The van der Waals surface area contributed by atoms with Crippen molar-refractivity contribution in [2.45, 2.75) is 23.3 Å². The van der Waals surface area contributed by atoms with Crippen molar-refractivity contribution < 1.29 is 13.5 Å². The van der Waals surface area contributed by atoms with Crippen molar-refractivity contribution in [3.63, 3.8) is 0 Å². The van der Waals surface area contributed by atoms with E-state index in [1.165, 1.54) is 10.4 Å². The summed E-state index contributed by atoms with van der Waals surface area (Å²) in [6, 6.07) is 17.2. The minimum Gasteiger partial charge on any atom is -0.506 e. The van der Waals surface area contributed by atoms with Gasteiger partial charge in [0.05, 0.1) is 21.6 Å². The molecule has 0 bridgehead atoms. The number of nitrogens with zero attached hydrogens (tertiary/aromatic N) is 1. The molecule has 0 saturated heterocycles. The number of fused-ring (bicyclic) bond motifs is 3. The predicted molar refractivity (Wildman–Crippen MR) is 133 cm³/mol. The van der Waals surface area contributed by atoms with E-state index < -0.39 is 10.0 Å². The summed E-state index contributed by atoms with van der Waals surface area (Å²) in [5, 5.41) is 14.8. The fourth-order valence-electron chi connectivity index (χ4n) is 4.80. The van der Waals surface area contributed by atoms with E-state index in [4.69, 9.17) is 23.2 Å². The molecule has 0 radical (unpaired) electrons. The second kappa shape index (κ2) is 8.28. The summed E-state index contributed by atoms with van der Waals surface area (Å²) in [6.07, 6.45) is 4.99. The Morgan fingerprint density at radius 2 is 1.79 bits per heavy atom. The zero-order chi connectivity index (χ0) is 23.3. The maximum Gasteiger partial charge on any atom is 0.264 e. The molecule has 3 unspecified atom stereocenters. The second-order valence-electron chi connectivity index (χ2n) is 8.36. The van der Waals surface area contributed by atoms with Crippen LogP contribution in [0.5, 0.6) is 5.75 Å². The molecular weight excluding hydrogens is 479 g/mol. The van der Waals surface area contributed by atoms with Gasteiger partial charge in [0.15, 0.2) is 0 Å². The van der Waals surface area contributed by atoms with Gasteiger partial charge in [-0.2, -0.15) is 0 Å². The lowest BCUT2D eigenvalue weighted by molar-refractivity contribution is 0.402. The van der Waals surface area contributed by atoms with Crippen LogP contribution in [0.1, 0.15) is 29.5 Å². The number of para-hydroxylation sites is 1. The first kappa shape index (κ1) is 22.1. The molecule has 3 aromatic rings. The Kier molecular flexibility index (Phi) is 5.55. The highest BCUT2D eigenvalue weighted by Crippen LogP contribution is 2.52. The van der Waals surface area contributed by atoms with Gasteiger partial charge in [-0.3, -0.25) is 4.31 Å². The van der Waals surface area contributed by atoms with Gasteiger partial charge in [-0.25, -0.2) is 8.42 Å². The number of rotatable bonds is 4. The first-order valence-corrected chi connectivity index (χ1v) is 12.8. The van der Waals surface area contributed by atoms with Crippen LogP contribution in [-0.2, 0) is 10.0 Å². The van der Waals surface area contributed by atoms with Crippen LogP contribution in [0.15, 0.2) is 77.7 Å². The summed E-state index contributed by atoms with van der Waals surface area (Å²) in [7, 11) is -2.17. The van der Waals surface area contributed by atoms with E-state index in [1.807, 2.05) is 18.2 Å². The van der Waals surface area contributed by atoms with Crippen molar-refractivity contribution in [1.29, 1.82) is 0 Å². The first-order valence-electron chi connectivity index (χ1n) is 10.6. The molecule has 0 spiro atoms. The van der Waals surface area contributed by atoms with Crippen molar-refractivity contribution in [3.05, 3.63) is 94.0 Å². The minimum absolute atomic E-state index is 0.000545. The molecule has 3 atom stereocenters. The summed E-state index contributed by atoms with van der Waals surface area (Å²) in [6.45, 7) is 0. The van der Waals surface area contributed by atoms with Crippen LogP contribution in [0.3, 0.4) is 0 Å². The summed E-state index contributed by atoms with van der Waals surface area (Å²) in [5.74, 6) is 0.0969. The maximum absolute atomic E-state index is 13.3. The third-order valence-electron chi connectivity index (χ3n) is 6.51. The molecule has 1 heterocycles. The van der Waals surface area contributed by atoms with Crippen LogP contribution in [0, 0.1) is 5.92 Å². The van der Waals surface area contributed by atoms with Crippen molar-refractivity contribution in [2.75, 3.05) is 16.7 Å². The Balaban J connectivity index is 1.55. The number of phenolic OH excluding ortho intramolecular Hbond substituents is 1. The zero-order valence-corrected chi connectivity index (χ0v) is 20.1. The van der Waals surface area contributed by atoms with Gasteiger partial charge in [0.25, 0.3) is 10.0 Å². The van der Waals surface area contributed by atoms with Gasteiger partial charge in [0.2, 0.25) is 0 Å². The number of aromatic hydroxyl groups is 1. The maximum atomic E-state index is 13.3. The highest BCUT2D eigenvalue weighted by molar-refractivity contribution is 7.92. The molecule has 3 aromatic carbocycles. The molecule has 0 saturated carbocycles. The normalized spacial score (nSPS) is 21.2. The highest BCUT2D eigenvalue weighted by Gasteiger charge is 2.40. The SMILES string of the molecule is CN(c1ccccc1)S(=O)(=O)c1ccc2c(c1)C1C=CCC1C(c1cc(Cl)cc(Cl)c1O)N2. The predicted octanol–water partition coefficient (Wildman–Crippen LogP) is 6.35. The monoisotopic (exact) mass is 500 g/mol. The molecule has 2 aliphatic rings. The summed E-state index contributed by atoms with van der Waals surface area (Å²) >= 11 is 12.4. The number of hydrogen-bond acceptors (Lipinski definition) is 4. The van der Waals surface area contributed by atoms with E-state index in [9.17, 15) is 13.5 Å². The van der Waals surface area contributed by atoms with Crippen molar-refractivity contribution in [2.24, 2.45) is 5.92 Å². The number of nitrogens with one attached hydrogen (secondary N) is 1. The number of anilines is 2. The van der Waals surface area contributed by atoms with Crippen LogP contribution >= 0.6 is 23.2 Å². The molecule has 33 heavy (non-hydrogen) atoms. The third-order valence-corrected chi connectivity index (χ3v) is 8.79. The largest absolute Gasteiger partial charge is 0.506 e. The summed E-state index contributed by atoms with van der Waals surface area (Å²) in [4.78, 5) is 0.237. The Hall–Kier alpha value is -2.67. The minimum atomic E-state index is -3.73. The van der Waals surface area contributed by atoms with Crippen LogP contribution < -0.4 is 9.62 Å². The van der Waals surface area contributed by atoms with Crippen molar-refractivity contribution in [1.82, 2.24) is 0 Å². The number of halogens is 2. The van der Waals surface area contributed by atoms with Crippen LogP contribution in [0.4, 0.5) is 11.4 Å². The van der Waals surface area contributed by atoms with E-state index in [2.05, 4.69) is 17.5 Å². The molecule has 0 aromatic heterocycles. The van der Waals surface area contributed by atoms with E-state index in [-0.39, 0.29) is 33.5 Å². The van der Waals surface area contributed by atoms with Gasteiger partial charge >= 0.3 is 0 Å². The number of phenols is 1. The lowest BCUT2D eigenvalue weighted by atomic mass is 9.77. The van der Waals surface area contributed by atoms with Gasteiger partial charge in [-0.05, 0) is 60.4 Å². The molecule has 5 nitrogen and oxygen atoms in total. The van der Waals surface area contributed by atoms with Gasteiger partial charge in [0.1, 0.15) is 5.75 Å². The Labute approximate surface area is 203 Å². The highest BCUT2D eigenvalue weighted by atomic mass is 35.5. The topological polar surface area (TPSA) is 69.6 Å². The molecule has 1 aliphatic carbocycles. The Morgan fingerprint density at radius 3 is 2.55 bits per heavy atom. The van der Waals surface area contributed by atoms with Gasteiger partial charge < -0.3 is 10.4 Å². The van der Waals surface area contributed by atoms with Crippen LogP contribution in [0.2, 0.25) is 10.0 Å². The van der Waals surface area contributed by atoms with Crippen molar-refractivity contribution in [3.8, 4) is 5.75 Å². The van der Waals surface area contributed by atoms with Gasteiger partial charge in [-0.1, -0.05) is 53.6 Å². The first-order chi connectivity index (χ1) is 15.8. The third kappa shape index (κ3) is 3.76. The lowest BCUT2D eigenvalue weighted by Gasteiger charge is -2.38. The molecule has 0 amide bonds. The van der Waals surface area contributed by atoms with Gasteiger partial charge in [0, 0.05) is 29.2 Å². The van der Waals surface area contributed by atoms with Gasteiger partial charge in [-0.15, -0.1) is 0 Å². The average Bonchev–Trinajstić information content (AvgIpc) is 3.31. The quantitative estimate of drug-likeness (QED) is 0.409. The fourth-order valence-corrected chi connectivity index (χ4v) is 6.54.